The van der Waals surface area contributed by atoms with Gasteiger partial charge in [0.15, 0.2) is 11.5 Å². The van der Waals surface area contributed by atoms with Crippen molar-refractivity contribution in [1.29, 1.82) is 10.5 Å². The minimum atomic E-state index is 0.0525. The first-order chi connectivity index (χ1) is 10.2. The first-order valence-corrected chi connectivity index (χ1v) is 6.44. The van der Waals surface area contributed by atoms with Crippen LogP contribution in [0.1, 0.15) is 34.8 Å². The molecular formula is C17H12N2O2. The molecule has 2 aromatic carbocycles. The molecule has 21 heavy (non-hydrogen) atoms. The highest BCUT2D eigenvalue weighted by atomic mass is 16.5. The van der Waals surface area contributed by atoms with Gasteiger partial charge in [-0.2, -0.15) is 10.5 Å². The van der Waals surface area contributed by atoms with Gasteiger partial charge in [-0.15, -0.1) is 0 Å². The lowest BCUT2D eigenvalue weighted by molar-refractivity contribution is 0.0988. The Hall–Kier alpha value is -3.11. The fourth-order valence-electron chi connectivity index (χ4n) is 1.85. The summed E-state index contributed by atoms with van der Waals surface area (Å²) in [6, 6.07) is 15.4. The second kappa shape index (κ2) is 6.36. The number of carbonyl (C=O) groups is 1. The molecule has 4 nitrogen and oxygen atoms in total. The van der Waals surface area contributed by atoms with Crippen LogP contribution in [0, 0.1) is 22.7 Å². The van der Waals surface area contributed by atoms with Crippen LogP contribution in [-0.4, -0.2) is 5.78 Å². The molecule has 0 radical (unpaired) electrons. The van der Waals surface area contributed by atoms with Gasteiger partial charge in [0, 0.05) is 12.0 Å². The number of hydrogen-bond donors (Lipinski definition) is 0. The molecule has 102 valence electrons. The van der Waals surface area contributed by atoms with Crippen molar-refractivity contribution < 1.29 is 9.53 Å². The maximum absolute atomic E-state index is 11.6. The molecule has 0 spiro atoms. The van der Waals surface area contributed by atoms with Crippen molar-refractivity contribution in [2.75, 3.05) is 0 Å². The topological polar surface area (TPSA) is 73.9 Å². The van der Waals surface area contributed by atoms with Gasteiger partial charge in [-0.3, -0.25) is 4.79 Å². The van der Waals surface area contributed by atoms with E-state index in [0.29, 0.717) is 28.9 Å². The number of benzene rings is 2. The van der Waals surface area contributed by atoms with Gasteiger partial charge in [-0.1, -0.05) is 13.0 Å². The SMILES string of the molecule is CCC(=O)c1ccc(Oc2c(C#N)cccc2C#N)cc1. The van der Waals surface area contributed by atoms with Crippen molar-refractivity contribution >= 4 is 5.78 Å². The maximum atomic E-state index is 11.6. The summed E-state index contributed by atoms with van der Waals surface area (Å²) >= 11 is 0. The van der Waals surface area contributed by atoms with Crippen LogP contribution in [0.4, 0.5) is 0 Å². The van der Waals surface area contributed by atoms with Crippen LogP contribution in [0.5, 0.6) is 11.5 Å². The van der Waals surface area contributed by atoms with E-state index in [4.69, 9.17) is 15.3 Å². The Balaban J connectivity index is 2.33. The molecule has 0 saturated heterocycles. The lowest BCUT2D eigenvalue weighted by Gasteiger charge is -2.09. The number of ether oxygens (including phenoxy) is 1. The Labute approximate surface area is 122 Å². The molecule has 0 aliphatic rings. The Bertz CT molecular complexity index is 718. The van der Waals surface area contributed by atoms with Crippen molar-refractivity contribution in [2.24, 2.45) is 0 Å². The lowest BCUT2D eigenvalue weighted by atomic mass is 10.1. The number of hydrogen-bond acceptors (Lipinski definition) is 4. The van der Waals surface area contributed by atoms with Gasteiger partial charge < -0.3 is 4.74 Å². The zero-order valence-electron chi connectivity index (χ0n) is 11.5. The van der Waals surface area contributed by atoms with E-state index < -0.39 is 0 Å². The molecule has 0 atom stereocenters. The van der Waals surface area contributed by atoms with E-state index in [-0.39, 0.29) is 11.5 Å². The largest absolute Gasteiger partial charge is 0.455 e. The van der Waals surface area contributed by atoms with Crippen LogP contribution < -0.4 is 4.74 Å². The zero-order valence-corrected chi connectivity index (χ0v) is 11.5. The molecular weight excluding hydrogens is 264 g/mol. The standard InChI is InChI=1S/C17H12N2O2/c1-2-16(20)12-6-8-15(9-7-12)21-17-13(10-18)4-3-5-14(17)11-19/h3-9H,2H2,1H3. The Kier molecular flexibility index (Phi) is 4.33. The lowest BCUT2D eigenvalue weighted by Crippen LogP contribution is -1.96. The molecule has 4 heteroatoms. The molecule has 0 unspecified atom stereocenters. The molecule has 0 bridgehead atoms. The number of nitriles is 2. The van der Waals surface area contributed by atoms with Gasteiger partial charge in [0.1, 0.15) is 17.9 Å². The number of ketones is 1. The van der Waals surface area contributed by atoms with Gasteiger partial charge in [0.25, 0.3) is 0 Å². The normalized spacial score (nSPS) is 9.48. The third-order valence-corrected chi connectivity index (χ3v) is 2.97. The van der Waals surface area contributed by atoms with Crippen molar-refractivity contribution in [2.45, 2.75) is 13.3 Å². The van der Waals surface area contributed by atoms with Crippen LogP contribution in [0.2, 0.25) is 0 Å². The van der Waals surface area contributed by atoms with Crippen LogP contribution >= 0.6 is 0 Å². The molecule has 0 N–H and O–H groups in total. The van der Waals surface area contributed by atoms with Gasteiger partial charge in [-0.05, 0) is 36.4 Å². The zero-order chi connectivity index (χ0) is 15.2. The van der Waals surface area contributed by atoms with E-state index in [1.54, 1.807) is 49.4 Å². The van der Waals surface area contributed by atoms with E-state index in [1.807, 2.05) is 12.1 Å². The molecule has 0 fully saturated rings. The van der Waals surface area contributed by atoms with Gasteiger partial charge in [0.2, 0.25) is 0 Å². The van der Waals surface area contributed by atoms with E-state index in [9.17, 15) is 4.79 Å². The average Bonchev–Trinajstić information content (AvgIpc) is 2.55. The van der Waals surface area contributed by atoms with E-state index in [1.165, 1.54) is 0 Å². The molecule has 0 heterocycles. The summed E-state index contributed by atoms with van der Waals surface area (Å²) in [6.07, 6.45) is 0.441. The highest BCUT2D eigenvalue weighted by molar-refractivity contribution is 5.95. The second-order valence-corrected chi connectivity index (χ2v) is 4.31. The minimum absolute atomic E-state index is 0.0525. The van der Waals surface area contributed by atoms with Crippen LogP contribution in [0.15, 0.2) is 42.5 Å². The van der Waals surface area contributed by atoms with E-state index in [2.05, 4.69) is 0 Å². The van der Waals surface area contributed by atoms with Crippen molar-refractivity contribution in [3.05, 3.63) is 59.2 Å². The maximum Gasteiger partial charge on any atom is 0.162 e. The number of Topliss-reactive ketones (excluding diaryl/α,β-unsaturated/α-hetero) is 1. The van der Waals surface area contributed by atoms with Crippen LogP contribution in [-0.2, 0) is 0 Å². The summed E-state index contributed by atoms with van der Waals surface area (Å²) in [4.78, 5) is 11.6. The first kappa shape index (κ1) is 14.3. The summed E-state index contributed by atoms with van der Waals surface area (Å²) in [5, 5.41) is 18.2. The van der Waals surface area contributed by atoms with Crippen LogP contribution in [0.3, 0.4) is 0 Å². The summed E-state index contributed by atoms with van der Waals surface area (Å²) in [5.74, 6) is 0.760. The predicted octanol–water partition coefficient (Wildman–Crippen LogP) is 3.81. The number of nitrogens with zero attached hydrogens (tertiary/aromatic N) is 2. The Morgan fingerprint density at radius 3 is 2.10 bits per heavy atom. The quantitative estimate of drug-likeness (QED) is 0.796. The molecule has 0 amide bonds. The first-order valence-electron chi connectivity index (χ1n) is 6.44. The number of para-hydroxylation sites is 1. The van der Waals surface area contributed by atoms with E-state index in [0.717, 1.165) is 0 Å². The van der Waals surface area contributed by atoms with Gasteiger partial charge in [0.05, 0.1) is 11.1 Å². The summed E-state index contributed by atoms with van der Waals surface area (Å²) in [5.41, 5.74) is 1.20. The predicted molar refractivity (Wildman–Crippen MR) is 77.0 cm³/mol. The molecule has 2 rings (SSSR count). The minimum Gasteiger partial charge on any atom is -0.455 e. The highest BCUT2D eigenvalue weighted by Crippen LogP contribution is 2.28. The fourth-order valence-corrected chi connectivity index (χ4v) is 1.85. The Morgan fingerprint density at radius 1 is 1.05 bits per heavy atom. The molecule has 0 saturated carbocycles. The van der Waals surface area contributed by atoms with Crippen LogP contribution in [0.25, 0.3) is 0 Å². The second-order valence-electron chi connectivity index (χ2n) is 4.31. The third-order valence-electron chi connectivity index (χ3n) is 2.97. The van der Waals surface area contributed by atoms with Gasteiger partial charge in [-0.25, -0.2) is 0 Å². The third kappa shape index (κ3) is 3.08. The molecule has 0 aromatic heterocycles. The highest BCUT2D eigenvalue weighted by Gasteiger charge is 2.11. The number of carbonyl (C=O) groups excluding carboxylic acids is 1. The van der Waals surface area contributed by atoms with Crippen molar-refractivity contribution in [3.63, 3.8) is 0 Å². The smallest absolute Gasteiger partial charge is 0.162 e. The molecule has 0 aliphatic heterocycles. The summed E-state index contributed by atoms with van der Waals surface area (Å²) < 4.78 is 5.63. The number of rotatable bonds is 4. The monoisotopic (exact) mass is 276 g/mol. The fraction of sp³-hybridized carbons (Fsp3) is 0.118. The van der Waals surface area contributed by atoms with Crippen molar-refractivity contribution in [1.82, 2.24) is 0 Å². The Morgan fingerprint density at radius 2 is 1.62 bits per heavy atom. The average molecular weight is 276 g/mol. The molecule has 0 aliphatic carbocycles. The van der Waals surface area contributed by atoms with Gasteiger partial charge >= 0.3 is 0 Å². The summed E-state index contributed by atoms with van der Waals surface area (Å²) in [7, 11) is 0. The molecule has 2 aromatic rings. The van der Waals surface area contributed by atoms with Crippen molar-refractivity contribution in [3.8, 4) is 23.6 Å². The summed E-state index contributed by atoms with van der Waals surface area (Å²) in [6.45, 7) is 1.80. The van der Waals surface area contributed by atoms with E-state index >= 15 is 0 Å².